The van der Waals surface area contributed by atoms with Gasteiger partial charge in [-0.25, -0.2) is 4.98 Å². The minimum atomic E-state index is -0.181. The van der Waals surface area contributed by atoms with Gasteiger partial charge >= 0.3 is 0 Å². The second-order valence-electron chi connectivity index (χ2n) is 5.91. The van der Waals surface area contributed by atoms with E-state index in [0.29, 0.717) is 28.2 Å². The van der Waals surface area contributed by atoms with Crippen LogP contribution in [0.3, 0.4) is 0 Å². The zero-order valence-electron chi connectivity index (χ0n) is 14.7. The van der Waals surface area contributed by atoms with Crippen molar-refractivity contribution in [1.29, 1.82) is 0 Å². The monoisotopic (exact) mass is 396 g/mol. The Morgan fingerprint density at radius 2 is 2.00 bits per heavy atom. The van der Waals surface area contributed by atoms with Crippen molar-refractivity contribution in [2.75, 3.05) is 5.32 Å². The fourth-order valence-electron chi connectivity index (χ4n) is 2.63. The van der Waals surface area contributed by atoms with Gasteiger partial charge in [0.25, 0.3) is 5.91 Å². The molecule has 0 aliphatic rings. The number of rotatable bonds is 5. The highest BCUT2D eigenvalue weighted by Gasteiger charge is 2.15. The van der Waals surface area contributed by atoms with E-state index >= 15 is 0 Å². The molecule has 6 nitrogen and oxygen atoms in total. The van der Waals surface area contributed by atoms with Gasteiger partial charge in [0, 0.05) is 11.8 Å². The largest absolute Gasteiger partial charge is 0.340 e. The number of aromatic nitrogens is 3. The number of fused-ring (bicyclic) bond motifs is 1. The molecule has 0 fully saturated rings. The second-order valence-corrected chi connectivity index (χ2v) is 7.96. The summed E-state index contributed by atoms with van der Waals surface area (Å²) in [5.74, 6) is 1.48. The van der Waals surface area contributed by atoms with Crippen LogP contribution < -0.4 is 5.32 Å². The lowest BCUT2D eigenvalue weighted by Gasteiger charge is -2.07. The van der Waals surface area contributed by atoms with Crippen LogP contribution in [0.4, 0.5) is 5.13 Å². The van der Waals surface area contributed by atoms with Crippen LogP contribution in [0.1, 0.15) is 27.6 Å². The molecule has 4 aromatic rings. The third kappa shape index (κ3) is 3.86. The van der Waals surface area contributed by atoms with E-state index in [0.717, 1.165) is 20.7 Å². The summed E-state index contributed by atoms with van der Waals surface area (Å²) in [5, 5.41) is 7.41. The summed E-state index contributed by atoms with van der Waals surface area (Å²) in [7, 11) is 0. The molecule has 0 bridgehead atoms. The quantitative estimate of drug-likeness (QED) is 0.486. The Labute approximate surface area is 164 Å². The maximum atomic E-state index is 12.8. The predicted molar refractivity (Wildman–Crippen MR) is 107 cm³/mol. The maximum Gasteiger partial charge on any atom is 0.258 e. The lowest BCUT2D eigenvalue weighted by molar-refractivity contribution is 0.102. The molecule has 0 saturated heterocycles. The first kappa shape index (κ1) is 17.7. The van der Waals surface area contributed by atoms with Crippen LogP contribution in [-0.4, -0.2) is 21.0 Å². The number of thioether (sulfide) groups is 1. The number of carbonyl (C=O) groups excluding carboxylic acids is 1. The molecule has 0 unspecified atom stereocenters. The number of benzene rings is 2. The Hall–Kier alpha value is -2.71. The lowest BCUT2D eigenvalue weighted by Crippen LogP contribution is -2.12. The highest BCUT2D eigenvalue weighted by atomic mass is 32.2. The van der Waals surface area contributed by atoms with Gasteiger partial charge in [0.2, 0.25) is 5.89 Å². The summed E-state index contributed by atoms with van der Waals surface area (Å²) in [6.07, 6.45) is 0. The van der Waals surface area contributed by atoms with Crippen molar-refractivity contribution in [1.82, 2.24) is 15.1 Å². The van der Waals surface area contributed by atoms with E-state index in [1.165, 1.54) is 23.1 Å². The zero-order chi connectivity index (χ0) is 18.8. The van der Waals surface area contributed by atoms with E-state index in [2.05, 4.69) is 20.4 Å². The third-order valence-corrected chi connectivity index (χ3v) is 5.90. The smallest absolute Gasteiger partial charge is 0.258 e. The van der Waals surface area contributed by atoms with Crippen molar-refractivity contribution in [3.63, 3.8) is 0 Å². The number of thiazole rings is 1. The van der Waals surface area contributed by atoms with Crippen LogP contribution in [0.2, 0.25) is 0 Å². The van der Waals surface area contributed by atoms with E-state index in [1.54, 1.807) is 13.0 Å². The van der Waals surface area contributed by atoms with Gasteiger partial charge in [-0.05, 0) is 30.7 Å². The van der Waals surface area contributed by atoms with Crippen LogP contribution in [-0.2, 0) is 5.75 Å². The van der Waals surface area contributed by atoms with Crippen molar-refractivity contribution in [2.45, 2.75) is 24.5 Å². The summed E-state index contributed by atoms with van der Waals surface area (Å²) in [5.41, 5.74) is 2.61. The Morgan fingerprint density at radius 1 is 1.15 bits per heavy atom. The van der Waals surface area contributed by atoms with Gasteiger partial charge in [-0.3, -0.25) is 10.1 Å². The molecule has 1 N–H and O–H groups in total. The second kappa shape index (κ2) is 7.50. The number of amides is 1. The first-order valence-corrected chi connectivity index (χ1v) is 10.1. The number of hydrogen-bond acceptors (Lipinski definition) is 7. The highest BCUT2D eigenvalue weighted by molar-refractivity contribution is 7.98. The topological polar surface area (TPSA) is 80.9 Å². The first-order valence-electron chi connectivity index (χ1n) is 8.28. The van der Waals surface area contributed by atoms with Crippen LogP contribution >= 0.6 is 23.1 Å². The van der Waals surface area contributed by atoms with Crippen LogP contribution in [0.5, 0.6) is 0 Å². The molecule has 2 aromatic heterocycles. The summed E-state index contributed by atoms with van der Waals surface area (Å²) in [6.45, 7) is 3.77. The van der Waals surface area contributed by atoms with Gasteiger partial charge in [0.15, 0.2) is 11.0 Å². The van der Waals surface area contributed by atoms with E-state index in [9.17, 15) is 4.79 Å². The molecular weight excluding hydrogens is 380 g/mol. The number of anilines is 1. The van der Waals surface area contributed by atoms with Gasteiger partial charge in [-0.2, -0.15) is 4.98 Å². The summed E-state index contributed by atoms with van der Waals surface area (Å²) in [6, 6.07) is 13.5. The van der Waals surface area contributed by atoms with Gasteiger partial charge in [0.05, 0.1) is 21.5 Å². The van der Waals surface area contributed by atoms with Crippen molar-refractivity contribution < 1.29 is 9.32 Å². The molecule has 0 aliphatic heterocycles. The Bertz CT molecular complexity index is 1120. The van der Waals surface area contributed by atoms with Crippen molar-refractivity contribution in [2.24, 2.45) is 0 Å². The Balaban J connectivity index is 1.53. The number of carbonyl (C=O) groups is 1. The molecule has 0 radical (unpaired) electrons. The standard InChI is InChI=1S/C19H16N4O2S2/c1-11-6-5-9-15-17(11)21-19(27-15)22-18(24)13-7-3-4-8-14(13)26-10-16-20-12(2)25-23-16/h3-9H,10H2,1-2H3,(H,21,22,24). The van der Waals surface area contributed by atoms with Gasteiger partial charge in [0.1, 0.15) is 0 Å². The van der Waals surface area contributed by atoms with Crippen LogP contribution in [0, 0.1) is 13.8 Å². The fourth-order valence-corrected chi connectivity index (χ4v) is 4.46. The van der Waals surface area contributed by atoms with E-state index in [-0.39, 0.29) is 5.91 Å². The number of aryl methyl sites for hydroxylation is 2. The maximum absolute atomic E-state index is 12.8. The number of nitrogens with one attached hydrogen (secondary N) is 1. The van der Waals surface area contributed by atoms with Crippen LogP contribution in [0.25, 0.3) is 10.2 Å². The van der Waals surface area contributed by atoms with E-state index in [4.69, 9.17) is 4.52 Å². The minimum absolute atomic E-state index is 0.181. The molecule has 0 spiro atoms. The average molecular weight is 396 g/mol. The average Bonchev–Trinajstić information content (AvgIpc) is 3.26. The molecule has 136 valence electrons. The zero-order valence-corrected chi connectivity index (χ0v) is 16.4. The first-order chi connectivity index (χ1) is 13.1. The Kier molecular flexibility index (Phi) is 4.91. The molecule has 0 saturated carbocycles. The molecule has 0 atom stereocenters. The van der Waals surface area contributed by atoms with Gasteiger partial charge in [-0.1, -0.05) is 40.8 Å². The molecule has 2 aromatic carbocycles. The normalized spacial score (nSPS) is 11.0. The van der Waals surface area contributed by atoms with E-state index in [1.807, 2.05) is 43.3 Å². The summed E-state index contributed by atoms with van der Waals surface area (Å²) >= 11 is 2.97. The molecule has 8 heteroatoms. The van der Waals surface area contributed by atoms with Crippen molar-refractivity contribution >= 4 is 44.4 Å². The molecular formula is C19H16N4O2S2. The van der Waals surface area contributed by atoms with Crippen LogP contribution in [0.15, 0.2) is 51.9 Å². The SMILES string of the molecule is Cc1nc(CSc2ccccc2C(=O)Nc2nc3c(C)cccc3s2)no1. The number of para-hydroxylation sites is 1. The van der Waals surface area contributed by atoms with Crippen molar-refractivity contribution in [3.8, 4) is 0 Å². The molecule has 0 aliphatic carbocycles. The number of nitrogens with zero attached hydrogens (tertiary/aromatic N) is 3. The lowest BCUT2D eigenvalue weighted by atomic mass is 10.2. The highest BCUT2D eigenvalue weighted by Crippen LogP contribution is 2.30. The van der Waals surface area contributed by atoms with E-state index < -0.39 is 0 Å². The van der Waals surface area contributed by atoms with Gasteiger partial charge < -0.3 is 4.52 Å². The summed E-state index contributed by atoms with van der Waals surface area (Å²) in [4.78, 5) is 22.4. The molecule has 2 heterocycles. The van der Waals surface area contributed by atoms with Crippen molar-refractivity contribution in [3.05, 3.63) is 65.3 Å². The third-order valence-electron chi connectivity index (χ3n) is 3.90. The fraction of sp³-hybridized carbons (Fsp3) is 0.158. The predicted octanol–water partition coefficient (Wildman–Crippen LogP) is 4.84. The summed E-state index contributed by atoms with van der Waals surface area (Å²) < 4.78 is 6.04. The minimum Gasteiger partial charge on any atom is -0.340 e. The number of hydrogen-bond donors (Lipinski definition) is 1. The van der Waals surface area contributed by atoms with Gasteiger partial charge in [-0.15, -0.1) is 11.8 Å². The molecule has 4 rings (SSSR count). The molecule has 27 heavy (non-hydrogen) atoms. The Morgan fingerprint density at radius 3 is 2.78 bits per heavy atom. The molecule has 1 amide bonds.